The van der Waals surface area contributed by atoms with Crippen LogP contribution in [0.25, 0.3) is 0 Å². The molecule has 0 fully saturated rings. The first-order valence-electron chi connectivity index (χ1n) is 5.40. The summed E-state index contributed by atoms with van der Waals surface area (Å²) in [4.78, 5) is 4.33. The smallest absolute Gasteiger partial charge is 0.232 e. The number of rotatable bonds is 3. The maximum absolute atomic E-state index is 5.97. The summed E-state index contributed by atoms with van der Waals surface area (Å²) < 4.78 is 5.19. The lowest BCUT2D eigenvalue weighted by Gasteiger charge is -2.11. The molecule has 0 saturated carbocycles. The molecule has 1 aromatic rings. The minimum atomic E-state index is -0.121. The van der Waals surface area contributed by atoms with E-state index in [0.29, 0.717) is 17.6 Å². The number of nitrogens with two attached hydrogens (primary N) is 1. The van der Waals surface area contributed by atoms with Crippen molar-refractivity contribution in [2.45, 2.75) is 52.5 Å². The maximum Gasteiger partial charge on any atom is 0.232 e. The summed E-state index contributed by atoms with van der Waals surface area (Å²) in [6, 6.07) is -0.121. The van der Waals surface area contributed by atoms with E-state index in [1.807, 2.05) is 20.8 Å². The molecule has 4 heteroatoms. The second-order valence-corrected chi connectivity index (χ2v) is 5.44. The van der Waals surface area contributed by atoms with Crippen molar-refractivity contribution in [2.24, 2.45) is 11.7 Å². The van der Waals surface area contributed by atoms with Gasteiger partial charge in [0.2, 0.25) is 5.89 Å². The van der Waals surface area contributed by atoms with E-state index >= 15 is 0 Å². The highest BCUT2D eigenvalue weighted by atomic mass is 16.5. The Labute approximate surface area is 91.2 Å². The predicted octanol–water partition coefficient (Wildman–Crippen LogP) is 2.41. The number of nitrogens with zero attached hydrogens (tertiary/aromatic N) is 2. The molecule has 1 atom stereocenters. The van der Waals surface area contributed by atoms with Crippen LogP contribution in [0.15, 0.2) is 4.52 Å². The molecule has 0 saturated heterocycles. The molecule has 1 heterocycles. The van der Waals surface area contributed by atoms with Crippen LogP contribution < -0.4 is 5.73 Å². The van der Waals surface area contributed by atoms with E-state index in [1.165, 1.54) is 0 Å². The Balaban J connectivity index is 2.76. The average molecular weight is 211 g/mol. The van der Waals surface area contributed by atoms with Crippen molar-refractivity contribution in [1.82, 2.24) is 10.1 Å². The quantitative estimate of drug-likeness (QED) is 0.833. The Kier molecular flexibility index (Phi) is 3.50. The summed E-state index contributed by atoms with van der Waals surface area (Å²) in [5.41, 5.74) is 5.86. The van der Waals surface area contributed by atoms with Gasteiger partial charge in [-0.25, -0.2) is 0 Å². The Morgan fingerprint density at radius 1 is 1.33 bits per heavy atom. The van der Waals surface area contributed by atoms with Crippen LogP contribution in [0, 0.1) is 5.92 Å². The second-order valence-electron chi connectivity index (χ2n) is 5.44. The summed E-state index contributed by atoms with van der Waals surface area (Å²) in [5.74, 6) is 1.81. The fourth-order valence-electron chi connectivity index (χ4n) is 1.30. The van der Waals surface area contributed by atoms with Crippen molar-refractivity contribution in [2.75, 3.05) is 0 Å². The monoisotopic (exact) mass is 211 g/mol. The van der Waals surface area contributed by atoms with Gasteiger partial charge in [-0.3, -0.25) is 0 Å². The molecule has 0 radical (unpaired) electrons. The SMILES string of the molecule is CC(C)CC(N)c1noc(C(C)(C)C)n1. The lowest BCUT2D eigenvalue weighted by Crippen LogP contribution is -2.16. The minimum absolute atomic E-state index is 0.108. The predicted molar refractivity (Wildman–Crippen MR) is 59.4 cm³/mol. The van der Waals surface area contributed by atoms with E-state index in [1.54, 1.807) is 0 Å². The summed E-state index contributed by atoms with van der Waals surface area (Å²) >= 11 is 0. The molecule has 0 amide bonds. The van der Waals surface area contributed by atoms with Crippen molar-refractivity contribution in [3.05, 3.63) is 11.7 Å². The van der Waals surface area contributed by atoms with Crippen molar-refractivity contribution >= 4 is 0 Å². The van der Waals surface area contributed by atoms with Gasteiger partial charge in [0.1, 0.15) is 0 Å². The minimum Gasteiger partial charge on any atom is -0.339 e. The third kappa shape index (κ3) is 3.30. The number of hydrogen-bond acceptors (Lipinski definition) is 4. The average Bonchev–Trinajstić information content (AvgIpc) is 2.48. The third-order valence-electron chi connectivity index (χ3n) is 2.14. The van der Waals surface area contributed by atoms with Gasteiger partial charge >= 0.3 is 0 Å². The Hall–Kier alpha value is -0.900. The molecule has 2 N–H and O–H groups in total. The molecule has 4 nitrogen and oxygen atoms in total. The maximum atomic E-state index is 5.97. The van der Waals surface area contributed by atoms with E-state index in [4.69, 9.17) is 10.3 Å². The summed E-state index contributed by atoms with van der Waals surface area (Å²) in [6.45, 7) is 10.4. The van der Waals surface area contributed by atoms with Crippen LogP contribution in [0.3, 0.4) is 0 Å². The molecular weight excluding hydrogens is 190 g/mol. The zero-order valence-electron chi connectivity index (χ0n) is 10.2. The normalized spacial score (nSPS) is 14.6. The lowest BCUT2D eigenvalue weighted by atomic mass is 9.97. The fourth-order valence-corrected chi connectivity index (χ4v) is 1.30. The van der Waals surface area contributed by atoms with E-state index in [0.717, 1.165) is 6.42 Å². The van der Waals surface area contributed by atoms with Gasteiger partial charge in [-0.2, -0.15) is 4.98 Å². The van der Waals surface area contributed by atoms with Gasteiger partial charge in [-0.1, -0.05) is 39.8 Å². The molecule has 15 heavy (non-hydrogen) atoms. The van der Waals surface area contributed by atoms with Crippen molar-refractivity contribution < 1.29 is 4.52 Å². The first kappa shape index (κ1) is 12.2. The molecule has 1 rings (SSSR count). The topological polar surface area (TPSA) is 64.9 Å². The summed E-state index contributed by atoms with van der Waals surface area (Å²) in [7, 11) is 0. The Morgan fingerprint density at radius 2 is 1.93 bits per heavy atom. The number of aromatic nitrogens is 2. The highest BCUT2D eigenvalue weighted by Gasteiger charge is 2.23. The Morgan fingerprint density at radius 3 is 2.33 bits per heavy atom. The van der Waals surface area contributed by atoms with Gasteiger partial charge in [0.25, 0.3) is 0 Å². The van der Waals surface area contributed by atoms with E-state index in [9.17, 15) is 0 Å². The van der Waals surface area contributed by atoms with Crippen molar-refractivity contribution in [1.29, 1.82) is 0 Å². The van der Waals surface area contributed by atoms with Gasteiger partial charge in [-0.05, 0) is 12.3 Å². The fraction of sp³-hybridized carbons (Fsp3) is 0.818. The van der Waals surface area contributed by atoms with E-state index in [-0.39, 0.29) is 11.5 Å². The molecule has 0 aliphatic rings. The molecule has 0 aliphatic heterocycles. The summed E-state index contributed by atoms with van der Waals surface area (Å²) in [5, 5.41) is 3.92. The second kappa shape index (κ2) is 4.31. The van der Waals surface area contributed by atoms with Gasteiger partial charge in [0.15, 0.2) is 5.82 Å². The van der Waals surface area contributed by atoms with Crippen LogP contribution in [0.5, 0.6) is 0 Å². The molecule has 1 aromatic heterocycles. The molecular formula is C11H21N3O. The zero-order valence-corrected chi connectivity index (χ0v) is 10.2. The van der Waals surface area contributed by atoms with Crippen LogP contribution in [0.1, 0.15) is 58.8 Å². The number of hydrogen-bond donors (Lipinski definition) is 1. The van der Waals surface area contributed by atoms with E-state index in [2.05, 4.69) is 24.0 Å². The standard InChI is InChI=1S/C11H21N3O/c1-7(2)6-8(12)9-13-10(15-14-9)11(3,4)5/h7-8H,6,12H2,1-5H3. The van der Waals surface area contributed by atoms with Gasteiger partial charge in [0, 0.05) is 5.41 Å². The highest BCUT2D eigenvalue weighted by molar-refractivity contribution is 5.00. The molecule has 1 unspecified atom stereocenters. The molecule has 0 spiro atoms. The molecule has 0 aromatic carbocycles. The van der Waals surface area contributed by atoms with Crippen molar-refractivity contribution in [3.8, 4) is 0 Å². The van der Waals surface area contributed by atoms with Gasteiger partial charge in [0.05, 0.1) is 6.04 Å². The summed E-state index contributed by atoms with van der Waals surface area (Å²) in [6.07, 6.45) is 0.878. The first-order valence-corrected chi connectivity index (χ1v) is 5.40. The van der Waals surface area contributed by atoms with Gasteiger partial charge < -0.3 is 10.3 Å². The molecule has 86 valence electrons. The third-order valence-corrected chi connectivity index (χ3v) is 2.14. The van der Waals surface area contributed by atoms with Crippen molar-refractivity contribution in [3.63, 3.8) is 0 Å². The van der Waals surface area contributed by atoms with Crippen LogP contribution in [0.2, 0.25) is 0 Å². The van der Waals surface area contributed by atoms with Crippen LogP contribution in [-0.4, -0.2) is 10.1 Å². The largest absolute Gasteiger partial charge is 0.339 e. The van der Waals surface area contributed by atoms with Crippen LogP contribution in [0.4, 0.5) is 0 Å². The Bertz CT molecular complexity index is 312. The zero-order chi connectivity index (χ0) is 11.6. The lowest BCUT2D eigenvalue weighted by molar-refractivity contribution is 0.315. The van der Waals surface area contributed by atoms with E-state index < -0.39 is 0 Å². The highest BCUT2D eigenvalue weighted by Crippen LogP contribution is 2.22. The van der Waals surface area contributed by atoms with Gasteiger partial charge in [-0.15, -0.1) is 0 Å². The van der Waals surface area contributed by atoms with Crippen LogP contribution in [-0.2, 0) is 5.41 Å². The molecule has 0 aliphatic carbocycles. The van der Waals surface area contributed by atoms with Crippen LogP contribution >= 0.6 is 0 Å². The first-order chi connectivity index (χ1) is 6.80. The molecule has 0 bridgehead atoms.